The van der Waals surface area contributed by atoms with Crippen molar-refractivity contribution in [3.63, 3.8) is 0 Å². The highest BCUT2D eigenvalue weighted by Crippen LogP contribution is 2.19. The average Bonchev–Trinajstić information content (AvgIpc) is 2.63. The van der Waals surface area contributed by atoms with Gasteiger partial charge in [0.1, 0.15) is 5.75 Å². The van der Waals surface area contributed by atoms with Crippen LogP contribution >= 0.6 is 0 Å². The van der Waals surface area contributed by atoms with Gasteiger partial charge in [0.2, 0.25) is 15.9 Å². The first-order valence-electron chi connectivity index (χ1n) is 8.92. The summed E-state index contributed by atoms with van der Waals surface area (Å²) >= 11 is 0. The van der Waals surface area contributed by atoms with Crippen LogP contribution in [-0.2, 0) is 26.2 Å². The Balaban J connectivity index is 1.77. The number of hydrogen-bond donors (Lipinski definition) is 2. The molecule has 2 N–H and O–H groups in total. The second-order valence-electron chi connectivity index (χ2n) is 6.67. The Hall–Kier alpha value is -2.13. The van der Waals surface area contributed by atoms with Crippen molar-refractivity contribution in [3.05, 3.63) is 29.8 Å². The van der Waals surface area contributed by atoms with Crippen LogP contribution < -0.4 is 10.1 Å². The molecule has 1 amide bonds. The number of amides is 1. The minimum atomic E-state index is -3.27. The molecule has 1 aromatic carbocycles. The van der Waals surface area contributed by atoms with Gasteiger partial charge in [0.25, 0.3) is 0 Å². The maximum atomic E-state index is 12.3. The van der Waals surface area contributed by atoms with Crippen molar-refractivity contribution in [2.75, 3.05) is 26.0 Å². The number of rotatable bonds is 9. The average molecular weight is 398 g/mol. The Bertz CT molecular complexity index is 748. The maximum Gasteiger partial charge on any atom is 0.303 e. The molecule has 0 saturated carbocycles. The number of carboxylic acid groups (broad SMARTS) is 1. The van der Waals surface area contributed by atoms with E-state index in [9.17, 15) is 18.0 Å². The third kappa shape index (κ3) is 7.18. The molecule has 0 aliphatic carbocycles. The van der Waals surface area contributed by atoms with Crippen LogP contribution in [0.15, 0.2) is 24.3 Å². The number of nitrogens with one attached hydrogen (secondary N) is 1. The fourth-order valence-electron chi connectivity index (χ4n) is 2.91. The van der Waals surface area contributed by atoms with E-state index in [1.807, 2.05) is 12.1 Å². The van der Waals surface area contributed by atoms with Crippen molar-refractivity contribution < 1.29 is 27.9 Å². The fourth-order valence-corrected chi connectivity index (χ4v) is 3.82. The van der Waals surface area contributed by atoms with E-state index in [2.05, 4.69) is 5.32 Å². The number of carbonyl (C=O) groups excluding carboxylic acids is 1. The minimum absolute atomic E-state index is 0.0715. The first-order valence-corrected chi connectivity index (χ1v) is 10.8. The normalized spacial score (nSPS) is 18.0. The first kappa shape index (κ1) is 21.2. The maximum absolute atomic E-state index is 12.3. The summed E-state index contributed by atoms with van der Waals surface area (Å²) in [5, 5.41) is 11.4. The SMILES string of the molecule is CS(=O)(=O)N1CCCC(C(=O)NCc2ccc(OCCCC(=O)O)cc2)C1. The molecule has 0 radical (unpaired) electrons. The number of carboxylic acids is 1. The summed E-state index contributed by atoms with van der Waals surface area (Å²) in [7, 11) is -3.27. The summed E-state index contributed by atoms with van der Waals surface area (Å²) in [5.74, 6) is -0.670. The van der Waals surface area contributed by atoms with Gasteiger partial charge >= 0.3 is 5.97 Å². The minimum Gasteiger partial charge on any atom is -0.494 e. The summed E-state index contributed by atoms with van der Waals surface area (Å²) in [6, 6.07) is 7.20. The molecule has 1 saturated heterocycles. The van der Waals surface area contributed by atoms with Gasteiger partial charge in [-0.15, -0.1) is 0 Å². The zero-order valence-electron chi connectivity index (χ0n) is 15.4. The van der Waals surface area contributed by atoms with E-state index in [4.69, 9.17) is 9.84 Å². The van der Waals surface area contributed by atoms with Crippen LogP contribution in [0.25, 0.3) is 0 Å². The summed E-state index contributed by atoms with van der Waals surface area (Å²) in [5.41, 5.74) is 0.900. The third-order valence-electron chi connectivity index (χ3n) is 4.42. The van der Waals surface area contributed by atoms with Gasteiger partial charge in [-0.3, -0.25) is 9.59 Å². The van der Waals surface area contributed by atoms with E-state index in [0.717, 1.165) is 5.56 Å². The van der Waals surface area contributed by atoms with Gasteiger partial charge < -0.3 is 15.2 Å². The van der Waals surface area contributed by atoms with Gasteiger partial charge in [0.05, 0.1) is 18.8 Å². The van der Waals surface area contributed by atoms with E-state index in [1.165, 1.54) is 10.6 Å². The third-order valence-corrected chi connectivity index (χ3v) is 5.69. The molecule has 1 aromatic rings. The smallest absolute Gasteiger partial charge is 0.303 e. The molecule has 0 aromatic heterocycles. The lowest BCUT2D eigenvalue weighted by atomic mass is 9.99. The van der Waals surface area contributed by atoms with Crippen LogP contribution in [0, 0.1) is 5.92 Å². The number of benzene rings is 1. The molecule has 1 fully saturated rings. The first-order chi connectivity index (χ1) is 12.8. The number of nitrogens with zero attached hydrogens (tertiary/aromatic N) is 1. The van der Waals surface area contributed by atoms with E-state index in [0.29, 0.717) is 44.7 Å². The largest absolute Gasteiger partial charge is 0.494 e. The van der Waals surface area contributed by atoms with Gasteiger partial charge in [-0.1, -0.05) is 12.1 Å². The molecule has 8 nitrogen and oxygen atoms in total. The highest BCUT2D eigenvalue weighted by atomic mass is 32.2. The Kier molecular flexibility index (Phi) is 7.61. The highest BCUT2D eigenvalue weighted by molar-refractivity contribution is 7.88. The van der Waals surface area contributed by atoms with Crippen molar-refractivity contribution in [1.29, 1.82) is 0 Å². The Morgan fingerprint density at radius 1 is 1.30 bits per heavy atom. The lowest BCUT2D eigenvalue weighted by Gasteiger charge is -2.30. The van der Waals surface area contributed by atoms with E-state index >= 15 is 0 Å². The fraction of sp³-hybridized carbons (Fsp3) is 0.556. The summed E-state index contributed by atoms with van der Waals surface area (Å²) in [6.07, 6.45) is 3.04. The molecule has 27 heavy (non-hydrogen) atoms. The summed E-state index contributed by atoms with van der Waals surface area (Å²) < 4.78 is 30.1. The molecular formula is C18H26N2O6S. The monoisotopic (exact) mass is 398 g/mol. The molecule has 1 aliphatic rings. The molecular weight excluding hydrogens is 372 g/mol. The lowest BCUT2D eigenvalue weighted by Crippen LogP contribution is -2.44. The van der Waals surface area contributed by atoms with Crippen LogP contribution in [-0.4, -0.2) is 55.7 Å². The molecule has 0 spiro atoms. The second kappa shape index (κ2) is 9.70. The van der Waals surface area contributed by atoms with Crippen molar-refractivity contribution in [2.24, 2.45) is 5.92 Å². The number of ether oxygens (including phenoxy) is 1. The van der Waals surface area contributed by atoms with Gasteiger partial charge in [-0.05, 0) is 37.0 Å². The van der Waals surface area contributed by atoms with Crippen LogP contribution in [0.5, 0.6) is 5.75 Å². The number of sulfonamides is 1. The zero-order valence-corrected chi connectivity index (χ0v) is 16.2. The van der Waals surface area contributed by atoms with Gasteiger partial charge in [0.15, 0.2) is 0 Å². The second-order valence-corrected chi connectivity index (χ2v) is 8.65. The van der Waals surface area contributed by atoms with Crippen molar-refractivity contribution in [1.82, 2.24) is 9.62 Å². The molecule has 0 bridgehead atoms. The molecule has 1 unspecified atom stereocenters. The quantitative estimate of drug-likeness (QED) is 0.605. The van der Waals surface area contributed by atoms with Crippen molar-refractivity contribution in [3.8, 4) is 5.75 Å². The Morgan fingerprint density at radius 3 is 2.63 bits per heavy atom. The topological polar surface area (TPSA) is 113 Å². The molecule has 2 rings (SSSR count). The number of carbonyl (C=O) groups is 2. The molecule has 9 heteroatoms. The standard InChI is InChI=1S/C18H26N2O6S/c1-27(24,25)20-10-2-4-15(13-20)18(23)19-12-14-6-8-16(9-7-14)26-11-3-5-17(21)22/h6-9,15H,2-5,10-13H2,1H3,(H,19,23)(H,21,22). The Labute approximate surface area is 159 Å². The zero-order chi connectivity index (χ0) is 19.9. The van der Waals surface area contributed by atoms with Crippen LogP contribution in [0.2, 0.25) is 0 Å². The number of aliphatic carboxylic acids is 1. The van der Waals surface area contributed by atoms with Crippen LogP contribution in [0.4, 0.5) is 0 Å². The van der Waals surface area contributed by atoms with Crippen molar-refractivity contribution in [2.45, 2.75) is 32.2 Å². The van der Waals surface area contributed by atoms with E-state index in [-0.39, 0.29) is 24.8 Å². The number of piperidine rings is 1. The summed E-state index contributed by atoms with van der Waals surface area (Å²) in [6.45, 7) is 1.39. The molecule has 150 valence electrons. The molecule has 1 aliphatic heterocycles. The molecule has 1 atom stereocenters. The van der Waals surface area contributed by atoms with Gasteiger partial charge in [0, 0.05) is 26.1 Å². The van der Waals surface area contributed by atoms with Crippen LogP contribution in [0.1, 0.15) is 31.2 Å². The van der Waals surface area contributed by atoms with E-state index < -0.39 is 16.0 Å². The van der Waals surface area contributed by atoms with Gasteiger partial charge in [-0.2, -0.15) is 0 Å². The van der Waals surface area contributed by atoms with Crippen molar-refractivity contribution >= 4 is 21.9 Å². The number of hydrogen-bond acceptors (Lipinski definition) is 5. The summed E-state index contributed by atoms with van der Waals surface area (Å²) in [4.78, 5) is 22.8. The predicted molar refractivity (Wildman–Crippen MR) is 99.8 cm³/mol. The van der Waals surface area contributed by atoms with E-state index in [1.54, 1.807) is 12.1 Å². The molecule has 1 heterocycles. The van der Waals surface area contributed by atoms with Gasteiger partial charge in [-0.25, -0.2) is 12.7 Å². The lowest BCUT2D eigenvalue weighted by molar-refractivity contribution is -0.137. The van der Waals surface area contributed by atoms with Crippen LogP contribution in [0.3, 0.4) is 0 Å². The highest BCUT2D eigenvalue weighted by Gasteiger charge is 2.29. The predicted octanol–water partition coefficient (Wildman–Crippen LogP) is 1.22. The Morgan fingerprint density at radius 2 is 2.00 bits per heavy atom.